The topological polar surface area (TPSA) is 54.5 Å². The number of fused-ring (bicyclic) bond motifs is 1. The fourth-order valence-corrected chi connectivity index (χ4v) is 4.68. The van der Waals surface area contributed by atoms with E-state index < -0.39 is 0 Å². The van der Waals surface area contributed by atoms with E-state index in [0.29, 0.717) is 12.5 Å². The molecule has 32 heavy (non-hydrogen) atoms. The molecule has 1 amide bonds. The lowest BCUT2D eigenvalue weighted by molar-refractivity contribution is -0.129. The van der Waals surface area contributed by atoms with Crippen LogP contribution in [0.4, 0.5) is 0 Å². The molecule has 0 radical (unpaired) electrons. The molecule has 0 bridgehead atoms. The average molecular weight is 434 g/mol. The fraction of sp³-hybridized carbons (Fsp3) is 0.481. The predicted octanol–water partition coefficient (Wildman–Crippen LogP) is 4.26. The Kier molecular flexibility index (Phi) is 6.95. The smallest absolute Gasteiger partial charge is 0.225 e. The molecule has 2 aromatic rings. The number of amides is 1. The van der Waals surface area contributed by atoms with Crippen LogP contribution < -0.4 is 10.1 Å². The third kappa shape index (κ3) is 5.21. The van der Waals surface area contributed by atoms with Crippen molar-refractivity contribution in [2.24, 2.45) is 11.8 Å². The van der Waals surface area contributed by atoms with E-state index in [1.165, 1.54) is 22.3 Å². The number of carbonyl (C=O) groups is 1. The third-order valence-electron chi connectivity index (χ3n) is 6.60. The van der Waals surface area contributed by atoms with E-state index >= 15 is 0 Å². The summed E-state index contributed by atoms with van der Waals surface area (Å²) in [5.41, 5.74) is 7.80. The summed E-state index contributed by atoms with van der Waals surface area (Å²) in [5.74, 6) is 1.85. The lowest BCUT2D eigenvalue weighted by atomic mass is 9.85. The number of hydrogen-bond acceptors (Lipinski definition) is 4. The van der Waals surface area contributed by atoms with Crippen LogP contribution in [0.3, 0.4) is 0 Å². The Labute approximate surface area is 191 Å². The van der Waals surface area contributed by atoms with E-state index in [9.17, 15) is 4.79 Å². The molecule has 1 aromatic carbocycles. The highest BCUT2D eigenvalue weighted by Gasteiger charge is 2.32. The summed E-state index contributed by atoms with van der Waals surface area (Å²) in [5, 5.41) is 2.75. The number of aromatic nitrogens is 1. The third-order valence-corrected chi connectivity index (χ3v) is 6.60. The molecular weight excluding hydrogens is 398 g/mol. The van der Waals surface area contributed by atoms with Crippen molar-refractivity contribution in [3.05, 3.63) is 64.5 Å². The van der Waals surface area contributed by atoms with Crippen molar-refractivity contribution in [3.63, 3.8) is 0 Å². The fourth-order valence-electron chi connectivity index (χ4n) is 4.68. The first-order valence-electron chi connectivity index (χ1n) is 11.8. The average Bonchev–Trinajstić information content (AvgIpc) is 2.76. The highest BCUT2D eigenvalue weighted by Crippen LogP contribution is 2.34. The van der Waals surface area contributed by atoms with Crippen molar-refractivity contribution in [3.8, 4) is 5.75 Å². The summed E-state index contributed by atoms with van der Waals surface area (Å²) in [6, 6.07) is 10.7. The standard InChI is InChI=1S/C27H35N3O2/c1-18(2)11-24-8-5-20(13-29-24)17-32-25-9-10-26-19(3)22(7-6-21(26)12-25)14-30-15-23(16-30)27(31)28-4/h5,8-10,12-13,18,23H,6-7,11,14-17H2,1-4H3,(H,28,31). The van der Waals surface area contributed by atoms with Crippen LogP contribution >= 0.6 is 0 Å². The molecule has 170 valence electrons. The van der Waals surface area contributed by atoms with Crippen molar-refractivity contribution in [1.82, 2.24) is 15.2 Å². The van der Waals surface area contributed by atoms with Gasteiger partial charge in [0.15, 0.2) is 0 Å². The lowest BCUT2D eigenvalue weighted by Gasteiger charge is -2.39. The van der Waals surface area contributed by atoms with Crippen molar-refractivity contribution >= 4 is 11.5 Å². The van der Waals surface area contributed by atoms with Gasteiger partial charge in [-0.25, -0.2) is 0 Å². The van der Waals surface area contributed by atoms with Crippen LogP contribution in [0.5, 0.6) is 5.75 Å². The molecule has 0 spiro atoms. The van der Waals surface area contributed by atoms with E-state index in [1.807, 2.05) is 6.20 Å². The first-order valence-corrected chi connectivity index (χ1v) is 11.8. The number of ether oxygens (including phenoxy) is 1. The molecule has 1 aliphatic heterocycles. The van der Waals surface area contributed by atoms with E-state index in [0.717, 1.165) is 55.9 Å². The second kappa shape index (κ2) is 9.86. The van der Waals surface area contributed by atoms with Gasteiger partial charge < -0.3 is 10.1 Å². The number of carbonyl (C=O) groups excluding carboxylic acids is 1. The Morgan fingerprint density at radius 3 is 2.72 bits per heavy atom. The summed E-state index contributed by atoms with van der Waals surface area (Å²) >= 11 is 0. The van der Waals surface area contributed by atoms with Gasteiger partial charge in [0.1, 0.15) is 12.4 Å². The highest BCUT2D eigenvalue weighted by atomic mass is 16.5. The minimum atomic E-state index is 0.151. The number of likely N-dealkylation sites (tertiary alicyclic amines) is 1. The maximum atomic E-state index is 11.7. The van der Waals surface area contributed by atoms with Gasteiger partial charge in [-0.1, -0.05) is 31.6 Å². The van der Waals surface area contributed by atoms with E-state index in [-0.39, 0.29) is 11.8 Å². The Morgan fingerprint density at radius 1 is 1.22 bits per heavy atom. The van der Waals surface area contributed by atoms with Crippen molar-refractivity contribution in [2.75, 3.05) is 26.7 Å². The van der Waals surface area contributed by atoms with Crippen LogP contribution in [0.1, 0.15) is 49.6 Å². The van der Waals surface area contributed by atoms with Gasteiger partial charge in [-0.3, -0.25) is 14.7 Å². The summed E-state index contributed by atoms with van der Waals surface area (Å²) < 4.78 is 6.07. The molecule has 1 saturated heterocycles. The molecule has 1 aliphatic carbocycles. The number of allylic oxidation sites excluding steroid dienone is 1. The van der Waals surface area contributed by atoms with Gasteiger partial charge in [0.05, 0.1) is 5.92 Å². The predicted molar refractivity (Wildman–Crippen MR) is 128 cm³/mol. The quantitative estimate of drug-likeness (QED) is 0.676. The molecule has 0 atom stereocenters. The minimum absolute atomic E-state index is 0.151. The van der Waals surface area contributed by atoms with Gasteiger partial charge in [0, 0.05) is 44.1 Å². The molecule has 1 N–H and O–H groups in total. The molecule has 4 rings (SSSR count). The Morgan fingerprint density at radius 2 is 2.03 bits per heavy atom. The second-order valence-corrected chi connectivity index (χ2v) is 9.60. The number of benzene rings is 1. The molecule has 1 fully saturated rings. The number of nitrogens with zero attached hydrogens (tertiary/aromatic N) is 2. The van der Waals surface area contributed by atoms with Crippen LogP contribution in [-0.4, -0.2) is 42.5 Å². The maximum absolute atomic E-state index is 11.7. The molecule has 2 heterocycles. The number of hydrogen-bond donors (Lipinski definition) is 1. The minimum Gasteiger partial charge on any atom is -0.489 e. The zero-order chi connectivity index (χ0) is 22.7. The maximum Gasteiger partial charge on any atom is 0.225 e. The van der Waals surface area contributed by atoms with Gasteiger partial charge in [-0.15, -0.1) is 0 Å². The molecule has 1 aromatic heterocycles. The largest absolute Gasteiger partial charge is 0.489 e. The van der Waals surface area contributed by atoms with E-state index in [1.54, 1.807) is 7.05 Å². The van der Waals surface area contributed by atoms with Crippen molar-refractivity contribution in [1.29, 1.82) is 0 Å². The van der Waals surface area contributed by atoms with Gasteiger partial charge in [0.25, 0.3) is 0 Å². The SMILES string of the molecule is CNC(=O)C1CN(CC2=C(C)c3ccc(OCc4ccc(CC(C)C)nc4)cc3CC2)C1. The van der Waals surface area contributed by atoms with Crippen molar-refractivity contribution in [2.45, 2.75) is 46.6 Å². The summed E-state index contributed by atoms with van der Waals surface area (Å²) in [7, 11) is 1.72. The first kappa shape index (κ1) is 22.5. The lowest BCUT2D eigenvalue weighted by Crippen LogP contribution is -2.53. The monoisotopic (exact) mass is 433 g/mol. The van der Waals surface area contributed by atoms with Gasteiger partial charge >= 0.3 is 0 Å². The molecule has 0 saturated carbocycles. The van der Waals surface area contributed by atoms with Crippen LogP contribution in [-0.2, 0) is 24.2 Å². The van der Waals surface area contributed by atoms with Crippen LogP contribution in [0.15, 0.2) is 42.1 Å². The molecule has 5 heteroatoms. The molecule has 5 nitrogen and oxygen atoms in total. The second-order valence-electron chi connectivity index (χ2n) is 9.60. The zero-order valence-electron chi connectivity index (χ0n) is 19.8. The molecular formula is C27H35N3O2. The van der Waals surface area contributed by atoms with Gasteiger partial charge in [-0.2, -0.15) is 0 Å². The van der Waals surface area contributed by atoms with E-state index in [2.05, 4.69) is 66.3 Å². The summed E-state index contributed by atoms with van der Waals surface area (Å²) in [6.45, 7) is 9.89. The normalized spacial score (nSPS) is 16.7. The molecule has 0 unspecified atom stereocenters. The van der Waals surface area contributed by atoms with Gasteiger partial charge in [-0.05, 0) is 67.0 Å². The Hall–Kier alpha value is -2.66. The Bertz CT molecular complexity index is 988. The van der Waals surface area contributed by atoms with Crippen LogP contribution in [0.2, 0.25) is 0 Å². The summed E-state index contributed by atoms with van der Waals surface area (Å²) in [6.07, 6.45) is 5.05. The van der Waals surface area contributed by atoms with Gasteiger partial charge in [0.2, 0.25) is 5.91 Å². The summed E-state index contributed by atoms with van der Waals surface area (Å²) in [4.78, 5) is 18.7. The Balaban J connectivity index is 1.34. The molecule has 2 aliphatic rings. The number of aryl methyl sites for hydroxylation is 1. The van der Waals surface area contributed by atoms with E-state index in [4.69, 9.17) is 4.74 Å². The van der Waals surface area contributed by atoms with Crippen LogP contribution in [0, 0.1) is 11.8 Å². The van der Waals surface area contributed by atoms with Crippen LogP contribution in [0.25, 0.3) is 5.57 Å². The number of pyridine rings is 1. The first-order chi connectivity index (χ1) is 15.4. The number of rotatable bonds is 8. The number of nitrogens with one attached hydrogen (secondary N) is 1. The zero-order valence-corrected chi connectivity index (χ0v) is 19.8. The highest BCUT2D eigenvalue weighted by molar-refractivity contribution is 5.79. The van der Waals surface area contributed by atoms with Crippen molar-refractivity contribution < 1.29 is 9.53 Å².